The first-order valence-corrected chi connectivity index (χ1v) is 11.0. The molecule has 0 spiro atoms. The van der Waals surface area contributed by atoms with Crippen LogP contribution in [0.25, 0.3) is 51.8 Å². The van der Waals surface area contributed by atoms with Crippen molar-refractivity contribution in [2.75, 3.05) is 0 Å². The highest BCUT2D eigenvalue weighted by Crippen LogP contribution is 2.33. The lowest BCUT2D eigenvalue weighted by Gasteiger charge is -2.12. The Morgan fingerprint density at radius 1 is 0.758 bits per heavy atom. The van der Waals surface area contributed by atoms with Gasteiger partial charge in [-0.1, -0.05) is 97.6 Å². The summed E-state index contributed by atoms with van der Waals surface area (Å²) in [7, 11) is 0. The first-order chi connectivity index (χ1) is 16.2. The lowest BCUT2D eigenvalue weighted by Crippen LogP contribution is -2.08. The molecule has 0 aliphatic carbocycles. The van der Waals surface area contributed by atoms with E-state index in [0.717, 1.165) is 38.9 Å². The predicted octanol–water partition coefficient (Wildman–Crippen LogP) is 7.13. The molecule has 3 aromatic carbocycles. The number of rotatable bonds is 5. The maximum absolute atomic E-state index is 4.95. The Morgan fingerprint density at radius 2 is 1.36 bits per heavy atom. The van der Waals surface area contributed by atoms with Gasteiger partial charge in [-0.2, -0.15) is 9.97 Å². The van der Waals surface area contributed by atoms with Crippen LogP contribution in [0.4, 0.5) is 0 Å². The van der Waals surface area contributed by atoms with Crippen LogP contribution in [0.2, 0.25) is 0 Å². The number of para-hydroxylation sites is 1. The predicted molar refractivity (Wildman–Crippen MR) is 137 cm³/mol. The number of nitrogens with zero attached hydrogens (tertiary/aromatic N) is 4. The van der Waals surface area contributed by atoms with Gasteiger partial charge in [0.05, 0.1) is 11.2 Å². The Morgan fingerprint density at radius 3 is 1.91 bits per heavy atom. The van der Waals surface area contributed by atoms with Crippen LogP contribution in [0.1, 0.15) is 23.7 Å². The third-order valence-electron chi connectivity index (χ3n) is 5.68. The highest BCUT2D eigenvalue weighted by molar-refractivity contribution is 5.96. The number of aromatic nitrogens is 4. The van der Waals surface area contributed by atoms with Crippen molar-refractivity contribution in [3.63, 3.8) is 0 Å². The summed E-state index contributed by atoms with van der Waals surface area (Å²) >= 11 is 0. The molecule has 0 amide bonds. The number of hydrogen-bond acceptors (Lipinski definition) is 3. The zero-order chi connectivity index (χ0) is 22.8. The van der Waals surface area contributed by atoms with Gasteiger partial charge in [0.15, 0.2) is 11.6 Å². The zero-order valence-electron chi connectivity index (χ0n) is 18.7. The van der Waals surface area contributed by atoms with E-state index >= 15 is 0 Å². The van der Waals surface area contributed by atoms with Crippen molar-refractivity contribution < 1.29 is 0 Å². The van der Waals surface area contributed by atoms with Crippen LogP contribution in [-0.4, -0.2) is 19.5 Å². The normalized spacial score (nSPS) is 11.3. The van der Waals surface area contributed by atoms with Gasteiger partial charge in [-0.25, -0.2) is 4.98 Å². The molecule has 33 heavy (non-hydrogen) atoms. The molecule has 0 aliphatic heterocycles. The van der Waals surface area contributed by atoms with Crippen molar-refractivity contribution in [1.29, 1.82) is 0 Å². The van der Waals surface area contributed by atoms with Gasteiger partial charge in [-0.05, 0) is 25.5 Å². The molecule has 0 atom stereocenters. The van der Waals surface area contributed by atoms with Crippen molar-refractivity contribution in [2.45, 2.75) is 13.8 Å². The van der Waals surface area contributed by atoms with Crippen LogP contribution in [0.5, 0.6) is 0 Å². The Kier molecular flexibility index (Phi) is 5.41. The molecule has 5 aromatic rings. The highest BCUT2D eigenvalue weighted by atomic mass is 15.2. The van der Waals surface area contributed by atoms with Crippen LogP contribution < -0.4 is 0 Å². The fraction of sp³-hybridized carbons (Fsp3) is 0.0690. The summed E-state index contributed by atoms with van der Waals surface area (Å²) in [5.41, 5.74) is 6.18. The summed E-state index contributed by atoms with van der Waals surface area (Å²) in [6.45, 7) is 8.22. The van der Waals surface area contributed by atoms with Gasteiger partial charge < -0.3 is 0 Å². The van der Waals surface area contributed by atoms with Crippen molar-refractivity contribution in [3.8, 4) is 28.7 Å². The van der Waals surface area contributed by atoms with Crippen molar-refractivity contribution in [3.05, 3.63) is 108 Å². The van der Waals surface area contributed by atoms with Crippen molar-refractivity contribution >= 4 is 23.1 Å². The Labute approximate surface area is 193 Å². The minimum absolute atomic E-state index is 0.586. The lowest BCUT2D eigenvalue weighted by atomic mass is 10.1. The second-order valence-electron chi connectivity index (χ2n) is 7.82. The smallest absolute Gasteiger partial charge is 0.238 e. The fourth-order valence-corrected chi connectivity index (χ4v) is 4.19. The Balaban J connectivity index is 1.89. The summed E-state index contributed by atoms with van der Waals surface area (Å²) < 4.78 is 2.13. The topological polar surface area (TPSA) is 43.6 Å². The van der Waals surface area contributed by atoms with E-state index in [-0.39, 0.29) is 0 Å². The molecule has 0 bridgehead atoms. The molecular weight excluding hydrogens is 404 g/mol. The van der Waals surface area contributed by atoms with E-state index < -0.39 is 0 Å². The lowest BCUT2D eigenvalue weighted by molar-refractivity contribution is 0.923. The van der Waals surface area contributed by atoms with Crippen LogP contribution in [0.3, 0.4) is 0 Å². The molecule has 0 unspecified atom stereocenters. The average molecular weight is 429 g/mol. The molecule has 4 heteroatoms. The van der Waals surface area contributed by atoms with E-state index in [1.807, 2.05) is 79.7 Å². The van der Waals surface area contributed by atoms with Gasteiger partial charge in [0.25, 0.3) is 0 Å². The van der Waals surface area contributed by atoms with Crippen LogP contribution in [-0.2, 0) is 0 Å². The van der Waals surface area contributed by atoms with E-state index in [4.69, 9.17) is 15.0 Å². The third-order valence-corrected chi connectivity index (χ3v) is 5.68. The van der Waals surface area contributed by atoms with E-state index in [1.165, 1.54) is 0 Å². The number of hydrogen-bond donors (Lipinski definition) is 0. The van der Waals surface area contributed by atoms with Gasteiger partial charge in [0.1, 0.15) is 0 Å². The van der Waals surface area contributed by atoms with Crippen molar-refractivity contribution in [1.82, 2.24) is 19.5 Å². The molecule has 4 nitrogen and oxygen atoms in total. The molecule has 0 aliphatic rings. The highest BCUT2D eigenvalue weighted by Gasteiger charge is 2.20. The molecule has 0 radical (unpaired) electrons. The fourth-order valence-electron chi connectivity index (χ4n) is 4.19. The number of fused-ring (bicyclic) bond motifs is 1. The summed E-state index contributed by atoms with van der Waals surface area (Å²) in [5.74, 6) is 1.87. The van der Waals surface area contributed by atoms with E-state index in [1.54, 1.807) is 0 Å². The maximum atomic E-state index is 4.95. The van der Waals surface area contributed by atoms with Crippen LogP contribution in [0.15, 0.2) is 91.5 Å². The standard InChI is InChI=1S/C29H24N4/c1-4-13-25-23(5-2)24-19-12-14-20(3)26(24)33(25)29-31-27(21-15-8-6-9-16-21)30-28(32-29)22-17-10-7-11-18-22/h4-19H,2H2,1,3H3/b13-4-. The van der Waals surface area contributed by atoms with Gasteiger partial charge in [0, 0.05) is 22.1 Å². The van der Waals surface area contributed by atoms with Crippen molar-refractivity contribution in [2.24, 2.45) is 0 Å². The van der Waals surface area contributed by atoms with Gasteiger partial charge in [0.2, 0.25) is 5.95 Å². The van der Waals surface area contributed by atoms with Crippen LogP contribution in [0, 0.1) is 6.92 Å². The largest absolute Gasteiger partial charge is 0.278 e. The van der Waals surface area contributed by atoms with Gasteiger partial charge in [-0.3, -0.25) is 4.57 Å². The van der Waals surface area contributed by atoms with E-state index in [2.05, 4.69) is 42.3 Å². The average Bonchev–Trinajstić information content (AvgIpc) is 3.19. The molecule has 5 rings (SSSR count). The minimum Gasteiger partial charge on any atom is -0.278 e. The molecule has 0 N–H and O–H groups in total. The first-order valence-electron chi connectivity index (χ1n) is 11.0. The van der Waals surface area contributed by atoms with Crippen LogP contribution >= 0.6 is 0 Å². The maximum Gasteiger partial charge on any atom is 0.238 e. The second-order valence-corrected chi connectivity index (χ2v) is 7.82. The van der Waals surface area contributed by atoms with Gasteiger partial charge >= 0.3 is 0 Å². The molecular formula is C29H24N4. The second kappa shape index (κ2) is 8.67. The summed E-state index contributed by atoms with van der Waals surface area (Å²) in [4.78, 5) is 14.7. The minimum atomic E-state index is 0.586. The Hall–Kier alpha value is -4.31. The first kappa shape index (κ1) is 20.6. The SMILES string of the molecule is C=Cc1c(/C=C\C)n(-c2nc(-c3ccccc3)nc(-c3ccccc3)n2)c2c(C)cccc12. The number of benzene rings is 3. The molecule has 2 aromatic heterocycles. The molecule has 0 fully saturated rings. The zero-order valence-corrected chi connectivity index (χ0v) is 18.7. The summed E-state index contributed by atoms with van der Waals surface area (Å²) in [6.07, 6.45) is 6.03. The molecule has 0 saturated heterocycles. The summed E-state index contributed by atoms with van der Waals surface area (Å²) in [5, 5.41) is 1.13. The number of aryl methyl sites for hydroxylation is 1. The van der Waals surface area contributed by atoms with Gasteiger partial charge in [-0.15, -0.1) is 0 Å². The Bertz CT molecular complexity index is 1420. The summed E-state index contributed by atoms with van der Waals surface area (Å²) in [6, 6.07) is 26.4. The molecule has 160 valence electrons. The monoisotopic (exact) mass is 428 g/mol. The third kappa shape index (κ3) is 3.66. The molecule has 0 saturated carbocycles. The molecule has 2 heterocycles. The van der Waals surface area contributed by atoms with E-state index in [0.29, 0.717) is 17.6 Å². The quantitative estimate of drug-likeness (QED) is 0.299. The van der Waals surface area contributed by atoms with E-state index in [9.17, 15) is 0 Å². The number of allylic oxidation sites excluding steroid dienone is 1.